The minimum Gasteiger partial charge on any atom is -0.369 e. The smallest absolute Gasteiger partial charge is 0.180 e. The Labute approximate surface area is 119 Å². The van der Waals surface area contributed by atoms with Gasteiger partial charge in [0.05, 0.1) is 6.20 Å². The van der Waals surface area contributed by atoms with E-state index in [1.54, 1.807) is 0 Å². The van der Waals surface area contributed by atoms with Crippen LogP contribution in [0.3, 0.4) is 0 Å². The lowest BCUT2D eigenvalue weighted by atomic mass is 10.1. The maximum absolute atomic E-state index is 4.67. The molecule has 5 heteroatoms. The van der Waals surface area contributed by atoms with Gasteiger partial charge in [-0.25, -0.2) is 9.97 Å². The Morgan fingerprint density at radius 1 is 1.40 bits per heavy atom. The maximum Gasteiger partial charge on any atom is 0.180 e. The van der Waals surface area contributed by atoms with Gasteiger partial charge in [-0.3, -0.25) is 0 Å². The van der Waals surface area contributed by atoms with Gasteiger partial charge in [-0.1, -0.05) is 19.8 Å². The van der Waals surface area contributed by atoms with Crippen LogP contribution in [-0.2, 0) is 0 Å². The standard InChI is InChI=1S/C15H23N5/c1-3-12(9-11-5-6-11)18-14-15-17-7-8-20(15)10-13(19-14)16-4-2/h7-8,10-12,16H,3-6,9H2,1-2H3,(H,18,19). The molecule has 2 aromatic rings. The lowest BCUT2D eigenvalue weighted by molar-refractivity contribution is 0.585. The minimum absolute atomic E-state index is 0.493. The molecular formula is C15H23N5. The van der Waals surface area contributed by atoms with Crippen molar-refractivity contribution in [2.75, 3.05) is 17.2 Å². The summed E-state index contributed by atoms with van der Waals surface area (Å²) in [6, 6.07) is 0.493. The Balaban J connectivity index is 1.85. The molecule has 1 aliphatic rings. The van der Waals surface area contributed by atoms with Gasteiger partial charge in [0.15, 0.2) is 11.5 Å². The molecule has 1 unspecified atom stereocenters. The fraction of sp³-hybridized carbons (Fsp3) is 0.600. The Morgan fingerprint density at radius 2 is 2.25 bits per heavy atom. The monoisotopic (exact) mass is 273 g/mol. The molecule has 0 amide bonds. The maximum atomic E-state index is 4.67. The third-order valence-corrected chi connectivity index (χ3v) is 3.88. The topological polar surface area (TPSA) is 54.2 Å². The average Bonchev–Trinajstić information content (AvgIpc) is 3.13. The van der Waals surface area contributed by atoms with E-state index >= 15 is 0 Å². The van der Waals surface area contributed by atoms with Crippen LogP contribution in [0.5, 0.6) is 0 Å². The first-order valence-electron chi connectivity index (χ1n) is 7.64. The molecule has 0 radical (unpaired) electrons. The van der Waals surface area contributed by atoms with E-state index in [1.807, 2.05) is 23.0 Å². The number of rotatable bonds is 7. The fourth-order valence-corrected chi connectivity index (χ4v) is 2.57. The largest absolute Gasteiger partial charge is 0.369 e. The molecule has 20 heavy (non-hydrogen) atoms. The predicted molar refractivity (Wildman–Crippen MR) is 82.2 cm³/mol. The van der Waals surface area contributed by atoms with E-state index in [4.69, 9.17) is 0 Å². The number of imidazole rings is 1. The molecule has 0 aromatic carbocycles. The summed E-state index contributed by atoms with van der Waals surface area (Å²) < 4.78 is 2.02. The van der Waals surface area contributed by atoms with Gasteiger partial charge < -0.3 is 15.0 Å². The lowest BCUT2D eigenvalue weighted by Gasteiger charge is -2.18. The first kappa shape index (κ1) is 13.2. The quantitative estimate of drug-likeness (QED) is 0.813. The summed E-state index contributed by atoms with van der Waals surface area (Å²) in [6.45, 7) is 5.18. The summed E-state index contributed by atoms with van der Waals surface area (Å²) in [4.78, 5) is 9.08. The van der Waals surface area contributed by atoms with Crippen LogP contribution in [0, 0.1) is 5.92 Å². The van der Waals surface area contributed by atoms with E-state index in [2.05, 4.69) is 34.4 Å². The molecule has 1 saturated carbocycles. The van der Waals surface area contributed by atoms with E-state index in [9.17, 15) is 0 Å². The van der Waals surface area contributed by atoms with Crippen LogP contribution in [0.25, 0.3) is 5.65 Å². The first-order valence-corrected chi connectivity index (χ1v) is 7.64. The van der Waals surface area contributed by atoms with Crippen molar-refractivity contribution < 1.29 is 0 Å². The second-order valence-electron chi connectivity index (χ2n) is 5.59. The highest BCUT2D eigenvalue weighted by molar-refractivity contribution is 5.65. The van der Waals surface area contributed by atoms with Crippen LogP contribution < -0.4 is 10.6 Å². The number of aromatic nitrogens is 3. The Kier molecular flexibility index (Phi) is 3.76. The predicted octanol–water partition coefficient (Wildman–Crippen LogP) is 3.15. The van der Waals surface area contributed by atoms with Gasteiger partial charge in [0, 0.05) is 25.0 Å². The first-order chi connectivity index (χ1) is 9.80. The van der Waals surface area contributed by atoms with Crippen molar-refractivity contribution in [3.8, 4) is 0 Å². The lowest BCUT2D eigenvalue weighted by Crippen LogP contribution is -2.21. The van der Waals surface area contributed by atoms with E-state index in [-0.39, 0.29) is 0 Å². The number of hydrogen-bond acceptors (Lipinski definition) is 4. The van der Waals surface area contributed by atoms with Crippen LogP contribution >= 0.6 is 0 Å². The highest BCUT2D eigenvalue weighted by atomic mass is 15.1. The third-order valence-electron chi connectivity index (χ3n) is 3.88. The molecule has 0 bridgehead atoms. The molecule has 2 aromatic heterocycles. The van der Waals surface area contributed by atoms with Crippen molar-refractivity contribution in [2.24, 2.45) is 5.92 Å². The van der Waals surface area contributed by atoms with E-state index in [1.165, 1.54) is 19.3 Å². The van der Waals surface area contributed by atoms with Gasteiger partial charge in [0.25, 0.3) is 0 Å². The zero-order chi connectivity index (χ0) is 13.9. The van der Waals surface area contributed by atoms with Gasteiger partial charge in [0.1, 0.15) is 5.82 Å². The van der Waals surface area contributed by atoms with Gasteiger partial charge in [-0.05, 0) is 25.7 Å². The molecule has 108 valence electrons. The van der Waals surface area contributed by atoms with Crippen molar-refractivity contribution in [1.82, 2.24) is 14.4 Å². The molecule has 0 spiro atoms. The number of fused-ring (bicyclic) bond motifs is 1. The molecule has 3 rings (SSSR count). The van der Waals surface area contributed by atoms with Crippen molar-refractivity contribution >= 4 is 17.3 Å². The van der Waals surface area contributed by atoms with Crippen molar-refractivity contribution in [1.29, 1.82) is 0 Å². The Hall–Kier alpha value is -1.78. The summed E-state index contributed by atoms with van der Waals surface area (Å²) in [5, 5.41) is 6.87. The van der Waals surface area contributed by atoms with Crippen molar-refractivity contribution in [2.45, 2.75) is 45.6 Å². The Bertz CT molecular complexity index is 573. The molecule has 1 aliphatic carbocycles. The molecule has 2 heterocycles. The van der Waals surface area contributed by atoms with Crippen molar-refractivity contribution in [3.63, 3.8) is 0 Å². The van der Waals surface area contributed by atoms with E-state index in [0.29, 0.717) is 6.04 Å². The summed E-state index contributed by atoms with van der Waals surface area (Å²) in [7, 11) is 0. The number of hydrogen-bond donors (Lipinski definition) is 2. The molecule has 1 atom stereocenters. The van der Waals surface area contributed by atoms with E-state index in [0.717, 1.165) is 36.2 Å². The van der Waals surface area contributed by atoms with E-state index < -0.39 is 0 Å². The molecule has 1 fully saturated rings. The Morgan fingerprint density at radius 3 is 2.95 bits per heavy atom. The minimum atomic E-state index is 0.493. The molecule has 5 nitrogen and oxygen atoms in total. The molecule has 0 saturated heterocycles. The third kappa shape index (κ3) is 2.86. The van der Waals surface area contributed by atoms with Crippen LogP contribution in [0.1, 0.15) is 39.5 Å². The van der Waals surface area contributed by atoms with Crippen LogP contribution in [0.2, 0.25) is 0 Å². The molecule has 0 aliphatic heterocycles. The SMILES string of the molecule is CCNc1cn2ccnc2c(NC(CC)CC2CC2)n1. The zero-order valence-corrected chi connectivity index (χ0v) is 12.3. The van der Waals surface area contributed by atoms with Gasteiger partial charge >= 0.3 is 0 Å². The number of nitrogens with zero attached hydrogens (tertiary/aromatic N) is 3. The summed E-state index contributed by atoms with van der Waals surface area (Å²) in [6.07, 6.45) is 10.9. The number of anilines is 2. The summed E-state index contributed by atoms with van der Waals surface area (Å²) in [5.41, 5.74) is 0.904. The van der Waals surface area contributed by atoms with Crippen molar-refractivity contribution in [3.05, 3.63) is 18.6 Å². The average molecular weight is 273 g/mol. The molecular weight excluding hydrogens is 250 g/mol. The second-order valence-corrected chi connectivity index (χ2v) is 5.59. The highest BCUT2D eigenvalue weighted by Crippen LogP contribution is 2.35. The van der Waals surface area contributed by atoms with Gasteiger partial charge in [-0.2, -0.15) is 0 Å². The summed E-state index contributed by atoms with van der Waals surface area (Å²) >= 11 is 0. The second kappa shape index (κ2) is 5.69. The van der Waals surface area contributed by atoms with Crippen LogP contribution in [0.4, 0.5) is 11.6 Å². The van der Waals surface area contributed by atoms with Crippen LogP contribution in [0.15, 0.2) is 18.6 Å². The van der Waals surface area contributed by atoms with Crippen LogP contribution in [-0.4, -0.2) is 27.0 Å². The normalized spacial score (nSPS) is 16.3. The number of nitrogens with one attached hydrogen (secondary N) is 2. The zero-order valence-electron chi connectivity index (χ0n) is 12.3. The summed E-state index contributed by atoms with van der Waals surface area (Å²) in [5.74, 6) is 2.70. The molecule has 2 N–H and O–H groups in total. The fourth-order valence-electron chi connectivity index (χ4n) is 2.57. The highest BCUT2D eigenvalue weighted by Gasteiger charge is 2.25. The van der Waals surface area contributed by atoms with Gasteiger partial charge in [0.2, 0.25) is 0 Å². The van der Waals surface area contributed by atoms with Gasteiger partial charge in [-0.15, -0.1) is 0 Å².